The number of aliphatic hydroxyl groups excluding tert-OH is 1. The van der Waals surface area contributed by atoms with Gasteiger partial charge in [0.2, 0.25) is 0 Å². The standard InChI is InChI=1S/C72H140O17P2/c1-9-64(7)50-42-34-26-18-15-16-20-30-39-47-55-72(77)89-68(59-83-70(75)53-45-37-31-23-25-33-41-49-63(5)6)61-87-91(80,81)85-57-66(73)56-84-90(78,79)86-60-67(58-82-69(74)52-44-36-28-22-21-27-35-43-51-65(8)10-2)88-71(76)54-46-38-29-19-14-12-11-13-17-24-32-40-48-62(3)4/h62-68,73H,9-61H2,1-8H3,(H,78,79)(H,80,81)/t64?,65?,66?,67-,68-/m1/s1. The predicted octanol–water partition coefficient (Wildman–Crippen LogP) is 20.5. The summed E-state index contributed by atoms with van der Waals surface area (Å²) in [5, 5.41) is 10.6. The fraction of sp³-hybridized carbons (Fsp3) is 0.944. The molecule has 0 aromatic carbocycles. The van der Waals surface area contributed by atoms with Crippen LogP contribution in [0, 0.1) is 23.7 Å². The van der Waals surface area contributed by atoms with E-state index in [0.29, 0.717) is 31.6 Å². The van der Waals surface area contributed by atoms with Crippen molar-refractivity contribution in [1.82, 2.24) is 0 Å². The number of unbranched alkanes of at least 4 members (excludes halogenated alkanes) is 33. The third kappa shape index (κ3) is 63.9. The Balaban J connectivity index is 5.27. The lowest BCUT2D eigenvalue weighted by Crippen LogP contribution is -2.30. The third-order valence-corrected chi connectivity index (χ3v) is 19.2. The van der Waals surface area contributed by atoms with Crippen LogP contribution in [0.15, 0.2) is 0 Å². The Morgan fingerprint density at radius 2 is 0.527 bits per heavy atom. The molecule has 0 radical (unpaired) electrons. The molecule has 0 aromatic rings. The third-order valence-electron chi connectivity index (χ3n) is 17.3. The first-order valence-corrected chi connectivity index (χ1v) is 40.3. The van der Waals surface area contributed by atoms with E-state index in [1.165, 1.54) is 154 Å². The molecule has 540 valence electrons. The van der Waals surface area contributed by atoms with Crippen LogP contribution in [0.3, 0.4) is 0 Å². The lowest BCUT2D eigenvalue weighted by Gasteiger charge is -2.21. The van der Waals surface area contributed by atoms with Gasteiger partial charge in [0.1, 0.15) is 19.3 Å². The van der Waals surface area contributed by atoms with Crippen molar-refractivity contribution in [1.29, 1.82) is 0 Å². The van der Waals surface area contributed by atoms with Crippen LogP contribution in [-0.4, -0.2) is 96.7 Å². The molecular weight excluding hydrogens is 1200 g/mol. The Morgan fingerprint density at radius 1 is 0.308 bits per heavy atom. The molecule has 5 unspecified atom stereocenters. The summed E-state index contributed by atoms with van der Waals surface area (Å²) in [5.74, 6) is 0.935. The maximum absolute atomic E-state index is 13.0. The van der Waals surface area contributed by atoms with E-state index in [1.807, 2.05) is 0 Å². The molecule has 7 atom stereocenters. The number of hydrogen-bond donors (Lipinski definition) is 3. The van der Waals surface area contributed by atoms with Crippen molar-refractivity contribution in [2.24, 2.45) is 23.7 Å². The zero-order valence-electron chi connectivity index (χ0n) is 59.5. The normalized spacial score (nSPS) is 14.8. The number of ether oxygens (including phenoxy) is 4. The van der Waals surface area contributed by atoms with Crippen LogP contribution in [0.1, 0.15) is 357 Å². The van der Waals surface area contributed by atoms with Crippen molar-refractivity contribution in [2.45, 2.75) is 375 Å². The highest BCUT2D eigenvalue weighted by Gasteiger charge is 2.30. The molecule has 0 bridgehead atoms. The molecule has 0 aliphatic carbocycles. The number of hydrogen-bond acceptors (Lipinski definition) is 15. The number of aliphatic hydroxyl groups is 1. The number of rotatable bonds is 69. The van der Waals surface area contributed by atoms with Crippen LogP contribution in [0.25, 0.3) is 0 Å². The number of esters is 4. The zero-order valence-corrected chi connectivity index (χ0v) is 61.3. The molecule has 0 heterocycles. The molecule has 0 amide bonds. The van der Waals surface area contributed by atoms with E-state index >= 15 is 0 Å². The zero-order chi connectivity index (χ0) is 67.5. The topological polar surface area (TPSA) is 237 Å². The molecule has 0 saturated heterocycles. The Bertz CT molecular complexity index is 1800. The van der Waals surface area contributed by atoms with E-state index < -0.39 is 97.5 Å². The van der Waals surface area contributed by atoms with Gasteiger partial charge >= 0.3 is 39.5 Å². The number of phosphoric ester groups is 2. The van der Waals surface area contributed by atoms with E-state index in [-0.39, 0.29) is 25.7 Å². The summed E-state index contributed by atoms with van der Waals surface area (Å²) in [5.41, 5.74) is 0. The minimum Gasteiger partial charge on any atom is -0.462 e. The van der Waals surface area contributed by atoms with E-state index in [9.17, 15) is 43.2 Å². The van der Waals surface area contributed by atoms with Crippen molar-refractivity contribution < 1.29 is 80.2 Å². The number of carbonyl (C=O) groups excluding carboxylic acids is 4. The maximum atomic E-state index is 13.0. The van der Waals surface area contributed by atoms with Gasteiger partial charge in [0.25, 0.3) is 0 Å². The first kappa shape index (κ1) is 89.1. The van der Waals surface area contributed by atoms with Gasteiger partial charge in [-0.3, -0.25) is 37.3 Å². The minimum atomic E-state index is -4.95. The summed E-state index contributed by atoms with van der Waals surface area (Å²) >= 11 is 0. The molecule has 0 rings (SSSR count). The van der Waals surface area contributed by atoms with Gasteiger partial charge in [-0.15, -0.1) is 0 Å². The van der Waals surface area contributed by atoms with Crippen molar-refractivity contribution >= 4 is 39.5 Å². The van der Waals surface area contributed by atoms with Crippen LogP contribution in [0.2, 0.25) is 0 Å². The predicted molar refractivity (Wildman–Crippen MR) is 367 cm³/mol. The van der Waals surface area contributed by atoms with Crippen molar-refractivity contribution in [3.05, 3.63) is 0 Å². The summed E-state index contributed by atoms with van der Waals surface area (Å²) < 4.78 is 68.4. The average Bonchev–Trinajstić information content (AvgIpc) is 3.26. The molecule has 0 saturated carbocycles. The van der Waals surface area contributed by atoms with Gasteiger partial charge in [-0.05, 0) is 49.4 Å². The molecule has 17 nitrogen and oxygen atoms in total. The lowest BCUT2D eigenvalue weighted by molar-refractivity contribution is -0.161. The molecule has 19 heteroatoms. The van der Waals surface area contributed by atoms with Crippen LogP contribution in [0.5, 0.6) is 0 Å². The van der Waals surface area contributed by atoms with Gasteiger partial charge in [-0.25, -0.2) is 9.13 Å². The molecule has 3 N–H and O–H groups in total. The Hall–Kier alpha value is -1.94. The Kier molecular flexibility index (Phi) is 60.3. The molecule has 0 fully saturated rings. The van der Waals surface area contributed by atoms with E-state index in [1.54, 1.807) is 0 Å². The first-order valence-electron chi connectivity index (χ1n) is 37.3. The molecule has 0 aliphatic heterocycles. The van der Waals surface area contributed by atoms with Crippen LogP contribution in [-0.2, 0) is 65.4 Å². The fourth-order valence-corrected chi connectivity index (χ4v) is 12.4. The first-order chi connectivity index (χ1) is 43.7. The SMILES string of the molecule is CCC(C)CCCCCCCCCCCCC(=O)O[C@H](COC(=O)CCCCCCCCCC(C)C)COP(=O)(O)OCC(O)COP(=O)(O)OC[C@@H](COC(=O)CCCCCCCCCCC(C)CC)OC(=O)CCCCCCCCCCCCCCC(C)C. The van der Waals surface area contributed by atoms with Crippen molar-refractivity contribution in [2.75, 3.05) is 39.6 Å². The maximum Gasteiger partial charge on any atom is 0.472 e. The average molecular weight is 1340 g/mol. The van der Waals surface area contributed by atoms with Gasteiger partial charge in [0.05, 0.1) is 26.4 Å². The summed E-state index contributed by atoms with van der Waals surface area (Å²) in [4.78, 5) is 72.6. The largest absolute Gasteiger partial charge is 0.472 e. The summed E-state index contributed by atoms with van der Waals surface area (Å²) in [6.07, 6.45) is 44.3. The molecule has 0 aromatic heterocycles. The molecule has 0 aliphatic rings. The van der Waals surface area contributed by atoms with Crippen LogP contribution in [0.4, 0.5) is 0 Å². The second-order valence-electron chi connectivity index (χ2n) is 27.4. The van der Waals surface area contributed by atoms with Gasteiger partial charge in [0.15, 0.2) is 12.2 Å². The fourth-order valence-electron chi connectivity index (χ4n) is 10.8. The lowest BCUT2D eigenvalue weighted by atomic mass is 9.99. The van der Waals surface area contributed by atoms with Crippen molar-refractivity contribution in [3.63, 3.8) is 0 Å². The molecule has 0 spiro atoms. The Morgan fingerprint density at radius 3 is 0.780 bits per heavy atom. The second kappa shape index (κ2) is 61.6. The Labute approximate surface area is 556 Å². The van der Waals surface area contributed by atoms with E-state index in [4.69, 9.17) is 37.0 Å². The van der Waals surface area contributed by atoms with E-state index in [0.717, 1.165) is 114 Å². The smallest absolute Gasteiger partial charge is 0.462 e. The van der Waals surface area contributed by atoms with Crippen LogP contribution >= 0.6 is 15.6 Å². The quantitative estimate of drug-likeness (QED) is 0.0222. The number of phosphoric acid groups is 2. The minimum absolute atomic E-state index is 0.105. The highest BCUT2D eigenvalue weighted by molar-refractivity contribution is 7.47. The van der Waals surface area contributed by atoms with Crippen LogP contribution < -0.4 is 0 Å². The highest BCUT2D eigenvalue weighted by Crippen LogP contribution is 2.45. The van der Waals surface area contributed by atoms with Gasteiger partial charge in [-0.1, -0.05) is 306 Å². The molecule has 91 heavy (non-hydrogen) atoms. The summed E-state index contributed by atoms with van der Waals surface area (Å²) in [6, 6.07) is 0. The molecular formula is C72H140O17P2. The highest BCUT2D eigenvalue weighted by atomic mass is 31.2. The van der Waals surface area contributed by atoms with Gasteiger partial charge in [-0.2, -0.15) is 0 Å². The van der Waals surface area contributed by atoms with Gasteiger partial charge in [0, 0.05) is 25.7 Å². The van der Waals surface area contributed by atoms with Crippen molar-refractivity contribution in [3.8, 4) is 0 Å². The monoisotopic (exact) mass is 1340 g/mol. The van der Waals surface area contributed by atoms with E-state index in [2.05, 4.69) is 55.4 Å². The number of carbonyl (C=O) groups is 4. The summed E-state index contributed by atoms with van der Waals surface area (Å²) in [7, 11) is -9.91. The second-order valence-corrected chi connectivity index (χ2v) is 30.3. The summed E-state index contributed by atoms with van der Waals surface area (Å²) in [6.45, 7) is 14.1. The van der Waals surface area contributed by atoms with Gasteiger partial charge < -0.3 is 33.8 Å².